The molecule has 5 heteroatoms. The lowest BCUT2D eigenvalue weighted by molar-refractivity contribution is -0.126. The maximum Gasteiger partial charge on any atom is 0.494 e. The van der Waals surface area contributed by atoms with Gasteiger partial charge in [-0.1, -0.05) is 18.2 Å². The fourth-order valence-electron chi connectivity index (χ4n) is 4.11. The zero-order valence-corrected chi connectivity index (χ0v) is 15.0. The Morgan fingerprint density at radius 3 is 2.25 bits per heavy atom. The van der Waals surface area contributed by atoms with Gasteiger partial charge in [0, 0.05) is 19.6 Å². The van der Waals surface area contributed by atoms with Gasteiger partial charge in [-0.15, -0.1) is 0 Å². The van der Waals surface area contributed by atoms with Crippen molar-refractivity contribution in [1.82, 2.24) is 0 Å². The van der Waals surface area contributed by atoms with Crippen LogP contribution in [0.1, 0.15) is 51.7 Å². The molecule has 1 aromatic carbocycles. The number of rotatable bonds is 1. The summed E-state index contributed by atoms with van der Waals surface area (Å²) in [4.78, 5) is 12.7. The summed E-state index contributed by atoms with van der Waals surface area (Å²) in [6.07, 6.45) is 2.12. The van der Waals surface area contributed by atoms with Gasteiger partial charge in [-0.3, -0.25) is 4.79 Å². The molecule has 2 aliphatic heterocycles. The Labute approximate surface area is 144 Å². The van der Waals surface area contributed by atoms with Crippen molar-refractivity contribution in [3.63, 3.8) is 0 Å². The molecule has 2 fully saturated rings. The SMILES string of the molecule is CC1(C)OB(c2ccc3c(c2)CC(=O)C32CCOCC2)OC1(C)C. The molecule has 4 rings (SSSR count). The van der Waals surface area contributed by atoms with Gasteiger partial charge in [0.2, 0.25) is 0 Å². The number of ether oxygens (including phenoxy) is 1. The van der Waals surface area contributed by atoms with E-state index in [1.807, 2.05) is 0 Å². The van der Waals surface area contributed by atoms with Crippen LogP contribution >= 0.6 is 0 Å². The lowest BCUT2D eigenvalue weighted by Gasteiger charge is -2.32. The molecule has 1 aliphatic carbocycles. The van der Waals surface area contributed by atoms with Crippen LogP contribution in [0.15, 0.2) is 18.2 Å². The molecule has 1 spiro atoms. The molecule has 2 saturated heterocycles. The minimum atomic E-state index is -0.373. The monoisotopic (exact) mass is 328 g/mol. The first-order chi connectivity index (χ1) is 11.3. The van der Waals surface area contributed by atoms with Crippen LogP contribution in [0, 0.1) is 0 Å². The third-order valence-electron chi connectivity index (χ3n) is 6.40. The zero-order valence-electron chi connectivity index (χ0n) is 15.0. The van der Waals surface area contributed by atoms with E-state index in [0.717, 1.165) is 23.9 Å². The van der Waals surface area contributed by atoms with Crippen LogP contribution in [0.3, 0.4) is 0 Å². The van der Waals surface area contributed by atoms with E-state index in [0.29, 0.717) is 25.4 Å². The highest BCUT2D eigenvalue weighted by molar-refractivity contribution is 6.62. The van der Waals surface area contributed by atoms with Crippen molar-refractivity contribution < 1.29 is 18.8 Å². The predicted molar refractivity (Wildman–Crippen MR) is 92.6 cm³/mol. The van der Waals surface area contributed by atoms with Crippen molar-refractivity contribution >= 4 is 18.4 Å². The fourth-order valence-corrected chi connectivity index (χ4v) is 4.11. The molecule has 24 heavy (non-hydrogen) atoms. The topological polar surface area (TPSA) is 44.8 Å². The van der Waals surface area contributed by atoms with E-state index in [4.69, 9.17) is 14.0 Å². The second kappa shape index (κ2) is 5.17. The van der Waals surface area contributed by atoms with E-state index in [1.165, 1.54) is 5.56 Å². The molecule has 0 N–H and O–H groups in total. The first-order valence-corrected chi connectivity index (χ1v) is 8.85. The molecule has 1 aromatic rings. The first kappa shape index (κ1) is 16.3. The van der Waals surface area contributed by atoms with Gasteiger partial charge in [-0.2, -0.15) is 0 Å². The Morgan fingerprint density at radius 1 is 1.00 bits per heavy atom. The maximum atomic E-state index is 12.7. The molecule has 128 valence electrons. The van der Waals surface area contributed by atoms with Crippen molar-refractivity contribution in [2.24, 2.45) is 0 Å². The summed E-state index contributed by atoms with van der Waals surface area (Å²) in [6, 6.07) is 6.29. The van der Waals surface area contributed by atoms with E-state index in [2.05, 4.69) is 45.9 Å². The quantitative estimate of drug-likeness (QED) is 0.741. The van der Waals surface area contributed by atoms with Gasteiger partial charge in [0.1, 0.15) is 5.78 Å². The summed E-state index contributed by atoms with van der Waals surface area (Å²) in [5, 5.41) is 0. The Bertz CT molecular complexity index is 673. The summed E-state index contributed by atoms with van der Waals surface area (Å²) in [5.74, 6) is 0.340. The summed E-state index contributed by atoms with van der Waals surface area (Å²) >= 11 is 0. The predicted octanol–water partition coefficient (Wildman–Crippen LogP) is 2.16. The van der Waals surface area contributed by atoms with Gasteiger partial charge in [0.25, 0.3) is 0 Å². The Morgan fingerprint density at radius 2 is 1.62 bits per heavy atom. The van der Waals surface area contributed by atoms with Crippen LogP contribution in [0.25, 0.3) is 0 Å². The van der Waals surface area contributed by atoms with Crippen molar-refractivity contribution in [3.8, 4) is 0 Å². The minimum absolute atomic E-state index is 0.317. The van der Waals surface area contributed by atoms with E-state index >= 15 is 0 Å². The van der Waals surface area contributed by atoms with E-state index in [-0.39, 0.29) is 23.7 Å². The second-order valence-electron chi connectivity index (χ2n) is 8.30. The molecule has 0 bridgehead atoms. The van der Waals surface area contributed by atoms with Crippen LogP contribution in [0.2, 0.25) is 0 Å². The van der Waals surface area contributed by atoms with Crippen LogP contribution in [-0.2, 0) is 30.7 Å². The number of benzene rings is 1. The second-order valence-corrected chi connectivity index (χ2v) is 8.30. The molecule has 0 saturated carbocycles. The van der Waals surface area contributed by atoms with Gasteiger partial charge < -0.3 is 14.0 Å². The Hall–Kier alpha value is -1.17. The average Bonchev–Trinajstić information content (AvgIpc) is 2.91. The largest absolute Gasteiger partial charge is 0.494 e. The van der Waals surface area contributed by atoms with Crippen molar-refractivity contribution in [2.75, 3.05) is 13.2 Å². The molecule has 3 aliphatic rings. The molecule has 0 unspecified atom stereocenters. The maximum absolute atomic E-state index is 12.7. The van der Waals surface area contributed by atoms with Crippen molar-refractivity contribution in [2.45, 2.75) is 63.6 Å². The third kappa shape index (κ3) is 2.21. The molecule has 0 amide bonds. The lowest BCUT2D eigenvalue weighted by Crippen LogP contribution is -2.41. The highest BCUT2D eigenvalue weighted by Crippen LogP contribution is 2.43. The van der Waals surface area contributed by atoms with Gasteiger partial charge >= 0.3 is 7.12 Å². The summed E-state index contributed by atoms with van der Waals surface area (Å²) in [7, 11) is -0.373. The van der Waals surface area contributed by atoms with Crippen LogP contribution in [0.4, 0.5) is 0 Å². The molecule has 0 aromatic heterocycles. The molecule has 2 heterocycles. The van der Waals surface area contributed by atoms with Crippen molar-refractivity contribution in [3.05, 3.63) is 29.3 Å². The molecular weight excluding hydrogens is 303 g/mol. The van der Waals surface area contributed by atoms with Gasteiger partial charge in [-0.05, 0) is 57.1 Å². The van der Waals surface area contributed by atoms with Crippen molar-refractivity contribution in [1.29, 1.82) is 0 Å². The van der Waals surface area contributed by atoms with Gasteiger partial charge in [0.15, 0.2) is 0 Å². The minimum Gasteiger partial charge on any atom is -0.399 e. The Kier molecular flexibility index (Phi) is 3.51. The van der Waals surface area contributed by atoms with E-state index in [1.54, 1.807) is 0 Å². The van der Waals surface area contributed by atoms with E-state index < -0.39 is 0 Å². The number of carbonyl (C=O) groups excluding carboxylic acids is 1. The average molecular weight is 328 g/mol. The number of Topliss-reactive ketones (excluding diaryl/α,β-unsaturated/α-hetero) is 1. The third-order valence-corrected chi connectivity index (χ3v) is 6.40. The standard InChI is InChI=1S/C19H25BO4/c1-17(2)18(3,4)24-20(23-17)14-5-6-15-13(11-14)12-16(21)19(15)7-9-22-10-8-19/h5-6,11H,7-10,12H2,1-4H3. The van der Waals surface area contributed by atoms with Gasteiger partial charge in [0.05, 0.1) is 16.6 Å². The number of hydrogen-bond acceptors (Lipinski definition) is 4. The van der Waals surface area contributed by atoms with Crippen LogP contribution in [-0.4, -0.2) is 37.3 Å². The number of fused-ring (bicyclic) bond motifs is 2. The highest BCUT2D eigenvalue weighted by Gasteiger charge is 2.52. The summed E-state index contributed by atoms with van der Waals surface area (Å²) in [5.41, 5.74) is 2.31. The zero-order chi connectivity index (χ0) is 17.2. The lowest BCUT2D eigenvalue weighted by atomic mass is 9.72. The molecular formula is C19H25BO4. The normalized spacial score (nSPS) is 26.8. The number of hydrogen-bond donors (Lipinski definition) is 0. The summed E-state index contributed by atoms with van der Waals surface area (Å²) in [6.45, 7) is 9.57. The number of ketones is 1. The molecule has 0 atom stereocenters. The van der Waals surface area contributed by atoms with E-state index in [9.17, 15) is 4.79 Å². The fraction of sp³-hybridized carbons (Fsp3) is 0.632. The number of carbonyl (C=O) groups is 1. The summed E-state index contributed by atoms with van der Waals surface area (Å²) < 4.78 is 17.8. The molecule has 4 nitrogen and oxygen atoms in total. The highest BCUT2D eigenvalue weighted by atomic mass is 16.7. The first-order valence-electron chi connectivity index (χ1n) is 8.85. The van der Waals surface area contributed by atoms with Crippen LogP contribution < -0.4 is 5.46 Å². The van der Waals surface area contributed by atoms with Crippen LogP contribution in [0.5, 0.6) is 0 Å². The van der Waals surface area contributed by atoms with Gasteiger partial charge in [-0.25, -0.2) is 0 Å². The Balaban J connectivity index is 1.67. The molecule has 0 radical (unpaired) electrons. The smallest absolute Gasteiger partial charge is 0.399 e.